The fraction of sp³-hybridized carbons (Fsp3) is 0.260. The number of anilines is 4. The van der Waals surface area contributed by atoms with Gasteiger partial charge in [0.05, 0.1) is 25.2 Å². The van der Waals surface area contributed by atoms with E-state index in [-0.39, 0.29) is 73.8 Å². The summed E-state index contributed by atoms with van der Waals surface area (Å²) in [7, 11) is -11.2. The summed E-state index contributed by atoms with van der Waals surface area (Å²) in [4.78, 5) is 65.7. The minimum Gasteiger partial charge on any atom is -0.378 e. The third-order valence-corrected chi connectivity index (χ3v) is 23.7. The average molecular weight is 1520 g/mol. The maximum atomic E-state index is 13.4. The summed E-state index contributed by atoms with van der Waals surface area (Å²) in [6.07, 6.45) is 13.1. The molecule has 6 aromatic carbocycles. The summed E-state index contributed by atoms with van der Waals surface area (Å²) < 4.78 is 114. The normalized spacial score (nSPS) is 15.3. The number of halogens is 3. The Labute approximate surface area is 616 Å². The molecule has 31 heteroatoms. The van der Waals surface area contributed by atoms with Crippen LogP contribution in [0.15, 0.2) is 221 Å². The van der Waals surface area contributed by atoms with Crippen LogP contribution in [0.2, 0.25) is 5.02 Å². The second kappa shape index (κ2) is 32.6. The first-order valence-electron chi connectivity index (χ1n) is 33.4. The first kappa shape index (κ1) is 73.5. The lowest BCUT2D eigenvalue weighted by molar-refractivity contribution is -0.141. The van der Waals surface area contributed by atoms with Crippen molar-refractivity contribution in [2.75, 3.05) is 71.4 Å². The van der Waals surface area contributed by atoms with Crippen LogP contribution in [-0.4, -0.2) is 149 Å². The number of para-hydroxylation sites is 2. The van der Waals surface area contributed by atoms with Crippen molar-refractivity contribution in [1.29, 1.82) is 0 Å². The molecule has 3 fully saturated rings. The van der Waals surface area contributed by atoms with Crippen molar-refractivity contribution in [2.45, 2.75) is 84.2 Å². The number of sulfonamides is 3. The molecule has 0 bridgehead atoms. The highest BCUT2D eigenvalue weighted by Gasteiger charge is 2.31. The van der Waals surface area contributed by atoms with Gasteiger partial charge in [-0.2, -0.15) is 0 Å². The Morgan fingerprint density at radius 1 is 0.577 bits per heavy atom. The second-order valence-corrected chi connectivity index (χ2v) is 31.4. The highest BCUT2D eigenvalue weighted by molar-refractivity contribution is 7.93. The molecule has 2 atom stereocenters. The molecule has 3 aliphatic rings. The molecule has 14 rings (SSSR count). The molecular weight excluding hydrogens is 1430 g/mol. The van der Waals surface area contributed by atoms with Crippen LogP contribution in [0.5, 0.6) is 0 Å². The van der Waals surface area contributed by atoms with Crippen LogP contribution in [0.25, 0.3) is 21.8 Å². The number of aliphatic hydroxyl groups is 1. The van der Waals surface area contributed by atoms with E-state index in [0.29, 0.717) is 76.4 Å². The molecule has 3 saturated heterocycles. The Morgan fingerprint density at radius 2 is 1.10 bits per heavy atom. The van der Waals surface area contributed by atoms with Gasteiger partial charge in [0.15, 0.2) is 11.2 Å². The molecule has 4 N–H and O–H groups in total. The molecule has 5 aromatic heterocycles. The van der Waals surface area contributed by atoms with Crippen LogP contribution in [0, 0.1) is 11.6 Å². The summed E-state index contributed by atoms with van der Waals surface area (Å²) in [5.74, 6) is -1.08. The van der Waals surface area contributed by atoms with E-state index in [1.807, 2.05) is 116 Å². The number of nitrogens with one attached hydrogen (secondary N) is 3. The Balaban J connectivity index is 0.000000223. The van der Waals surface area contributed by atoms with Gasteiger partial charge in [-0.15, -0.1) is 11.3 Å². The van der Waals surface area contributed by atoms with Crippen molar-refractivity contribution in [2.24, 2.45) is 0 Å². The molecule has 11 aromatic rings. The predicted molar refractivity (Wildman–Crippen MR) is 404 cm³/mol. The molecule has 0 radical (unpaired) electrons. The third kappa shape index (κ3) is 17.9. The standard InChI is InChI=1S/C26H26ClN5O3S.C26H27N5O3S.C21H20F2N4O4S2.5H2/c27-23-3-1-2-21-11-16-32(26(21)23)17-12-25(33)31-14-9-20(10-15-31)19-4-6-22(7-5-19)36(34,35)30-24-8-13-28-18-29-24;1-19(31-17-13-22-4-2-3-5-24(22)31)26(32)30-15-11-21(12-16-30)20-6-8-23(9-7-20)35(33,34)29-25-10-14-27-18-28-25;22-15-11-14(12-16(23)13-15)19(28)20(29)27-8-6-26(7-9-27)17-1-3-18(4-2-17)33(30,31)25-21-24-5-10-32-21;;;;;/h1-8,11,13,16,18,20H,9-10,12,14-15,17H2,(H,28,29,30);2-10,13-14,17-19,21H,11-12,15-16H2,1H3,(H,27,28,29);1-5,10-13,19,28H,6-9H2,(H,24,25);5*1H/t;19-;;;;;;/m.1....../s1. The van der Waals surface area contributed by atoms with Crippen LogP contribution < -0.4 is 19.1 Å². The van der Waals surface area contributed by atoms with E-state index in [1.165, 1.54) is 71.7 Å². The first-order valence-corrected chi connectivity index (χ1v) is 39.1. The Bertz CT molecular complexity index is 5160. The fourth-order valence-electron chi connectivity index (χ4n) is 12.9. The summed E-state index contributed by atoms with van der Waals surface area (Å²) in [5, 5.41) is 15.1. The molecular formula is C73H83ClF2N14O10S4. The van der Waals surface area contributed by atoms with E-state index in [0.717, 1.165) is 76.4 Å². The fourth-order valence-corrected chi connectivity index (χ4v) is 17.0. The van der Waals surface area contributed by atoms with E-state index in [4.69, 9.17) is 11.6 Å². The van der Waals surface area contributed by atoms with Crippen LogP contribution >= 0.6 is 22.9 Å². The van der Waals surface area contributed by atoms with Gasteiger partial charge in [0.25, 0.3) is 36.0 Å². The summed E-state index contributed by atoms with van der Waals surface area (Å²) in [5.41, 5.74) is 4.83. The van der Waals surface area contributed by atoms with Crippen LogP contribution in [0.1, 0.15) is 86.8 Å². The lowest BCUT2D eigenvalue weighted by Gasteiger charge is -2.37. The number of aromatic nitrogens is 7. The van der Waals surface area contributed by atoms with Gasteiger partial charge in [0.2, 0.25) is 11.8 Å². The topological polar surface area (TPSA) is 297 Å². The largest absolute Gasteiger partial charge is 0.378 e. The Kier molecular flexibility index (Phi) is 23.0. The Morgan fingerprint density at radius 3 is 1.64 bits per heavy atom. The predicted octanol–water partition coefficient (Wildman–Crippen LogP) is 12.7. The molecule has 0 saturated carbocycles. The summed E-state index contributed by atoms with van der Waals surface area (Å²) in [6, 6.07) is 43.5. The van der Waals surface area contributed by atoms with Crippen molar-refractivity contribution >= 4 is 115 Å². The van der Waals surface area contributed by atoms with Crippen molar-refractivity contribution in [3.05, 3.63) is 240 Å². The third-order valence-electron chi connectivity index (χ3n) is 18.5. The number of carbonyl (C=O) groups excluding carboxylic acids is 3. The number of nitrogens with zero attached hydrogens (tertiary/aromatic N) is 11. The minimum atomic E-state index is -3.75. The number of likely N-dealkylation sites (tertiary alicyclic amines) is 2. The number of piperidine rings is 2. The van der Waals surface area contributed by atoms with E-state index in [1.54, 1.807) is 41.8 Å². The quantitative estimate of drug-likeness (QED) is 0.0585. The lowest BCUT2D eigenvalue weighted by Crippen LogP contribution is -2.50. The van der Waals surface area contributed by atoms with Gasteiger partial charge in [-0.05, 0) is 164 Å². The number of rotatable bonds is 19. The summed E-state index contributed by atoms with van der Waals surface area (Å²) >= 11 is 7.53. The number of hydrogen-bond acceptors (Lipinski definition) is 17. The van der Waals surface area contributed by atoms with Crippen molar-refractivity contribution in [3.63, 3.8) is 0 Å². The van der Waals surface area contributed by atoms with Crippen LogP contribution in [-0.2, 0) is 51.0 Å². The zero-order valence-electron chi connectivity index (χ0n) is 56.1. The maximum Gasteiger partial charge on any atom is 0.263 e. The van der Waals surface area contributed by atoms with Crippen LogP contribution in [0.3, 0.4) is 0 Å². The molecule has 0 aliphatic carbocycles. The zero-order chi connectivity index (χ0) is 73.1. The van der Waals surface area contributed by atoms with Gasteiger partial charge in [-0.1, -0.05) is 66.2 Å². The minimum absolute atomic E-state index is 0. The molecule has 104 heavy (non-hydrogen) atoms. The smallest absolute Gasteiger partial charge is 0.263 e. The number of hydrogen-bond donors (Lipinski definition) is 4. The molecule has 1 unspecified atom stereocenters. The number of aryl methyl sites for hydroxylation is 1. The van der Waals surface area contributed by atoms with Gasteiger partial charge < -0.3 is 33.8 Å². The van der Waals surface area contributed by atoms with Crippen molar-refractivity contribution < 1.29 is 60.7 Å². The van der Waals surface area contributed by atoms with Gasteiger partial charge >= 0.3 is 0 Å². The summed E-state index contributed by atoms with van der Waals surface area (Å²) in [6.45, 7) is 6.75. The van der Waals surface area contributed by atoms with Crippen molar-refractivity contribution in [1.82, 2.24) is 48.8 Å². The average Bonchev–Trinajstić information content (AvgIpc) is 1.79. The van der Waals surface area contributed by atoms with Crippen LogP contribution in [0.4, 0.5) is 31.2 Å². The highest BCUT2D eigenvalue weighted by Crippen LogP contribution is 2.34. The van der Waals surface area contributed by atoms with E-state index in [9.17, 15) is 53.5 Å². The molecule has 3 aliphatic heterocycles. The monoisotopic (exact) mass is 1520 g/mol. The first-order chi connectivity index (χ1) is 50.0. The maximum absolute atomic E-state index is 13.4. The lowest BCUT2D eigenvalue weighted by atomic mass is 9.89. The number of carbonyl (C=O) groups is 3. The molecule has 24 nitrogen and oxygen atoms in total. The Hall–Kier alpha value is -10.2. The SMILES string of the molecule is C[C@H](C(=O)N1CCC(c2ccc(S(=O)(=O)Nc3ccncn3)cc2)CC1)n1ccc2ccccc21.O=C(C(O)c1cc(F)cc(F)c1)N1CCN(c2ccc(S(=O)(=O)Nc3nccs3)cc2)CC1.O=C(CCn1ccc2cccc(Cl)c21)N1CCC(c2ccc(S(=O)(=O)Nc3ccncn3)cc2)CC1.[HH].[HH].[HH].[HH].[HH]. The number of thiazole rings is 1. The molecule has 550 valence electrons. The van der Waals surface area contributed by atoms with E-state index in [2.05, 4.69) is 45.2 Å². The second-order valence-electron chi connectivity index (χ2n) is 25.0. The van der Waals surface area contributed by atoms with Gasteiger partial charge in [-0.25, -0.2) is 59.0 Å². The number of amides is 3. The van der Waals surface area contributed by atoms with Gasteiger partial charge in [0, 0.05) is 131 Å². The molecule has 8 heterocycles. The van der Waals surface area contributed by atoms with Gasteiger partial charge in [-0.3, -0.25) is 28.5 Å². The number of benzene rings is 6. The number of piperazine rings is 1. The van der Waals surface area contributed by atoms with Gasteiger partial charge in [0.1, 0.15) is 42.0 Å². The van der Waals surface area contributed by atoms with E-state index >= 15 is 0 Å². The molecule has 3 amide bonds. The number of fused-ring (bicyclic) bond motifs is 2. The van der Waals surface area contributed by atoms with Crippen molar-refractivity contribution in [3.8, 4) is 0 Å². The highest BCUT2D eigenvalue weighted by atomic mass is 35.5. The molecule has 0 spiro atoms. The van der Waals surface area contributed by atoms with E-state index < -0.39 is 53.7 Å². The zero-order valence-corrected chi connectivity index (χ0v) is 60.2. The number of aliphatic hydroxyl groups excluding tert-OH is 1.